The maximum Gasteiger partial charge on any atom is 0.416 e. The van der Waals surface area contributed by atoms with Gasteiger partial charge in [0.2, 0.25) is 11.8 Å². The van der Waals surface area contributed by atoms with Crippen molar-refractivity contribution in [1.29, 1.82) is 0 Å². The number of alkyl halides is 3. The van der Waals surface area contributed by atoms with Crippen LogP contribution in [0, 0.1) is 0 Å². The van der Waals surface area contributed by atoms with Gasteiger partial charge in [0.05, 0.1) is 22.3 Å². The van der Waals surface area contributed by atoms with E-state index in [9.17, 15) is 37.5 Å². The number of aliphatic hydroxyl groups is 1. The molecule has 3 aliphatic rings. The molecule has 2 aromatic rings. The van der Waals surface area contributed by atoms with Gasteiger partial charge in [0, 0.05) is 25.6 Å². The van der Waals surface area contributed by atoms with Crippen molar-refractivity contribution in [2.45, 2.75) is 56.5 Å². The Hall–Kier alpha value is -3.57. The van der Waals surface area contributed by atoms with E-state index in [-0.39, 0.29) is 30.0 Å². The summed E-state index contributed by atoms with van der Waals surface area (Å²) in [4.78, 5) is 52.8. The van der Waals surface area contributed by atoms with Gasteiger partial charge in [0.1, 0.15) is 6.04 Å². The van der Waals surface area contributed by atoms with Gasteiger partial charge in [-0.2, -0.15) is 13.2 Å². The number of likely N-dealkylation sites (tertiary alicyclic amines) is 1. The Morgan fingerprint density at radius 3 is 2.21 bits per heavy atom. The number of halogens is 3. The second kappa shape index (κ2) is 9.32. The van der Waals surface area contributed by atoms with Crippen molar-refractivity contribution in [3.63, 3.8) is 0 Å². The van der Waals surface area contributed by atoms with Crippen molar-refractivity contribution in [3.05, 3.63) is 70.3 Å². The lowest BCUT2D eigenvalue weighted by atomic mass is 9.82. The van der Waals surface area contributed by atoms with Crippen LogP contribution in [0.5, 0.6) is 0 Å². The molecule has 11 heteroatoms. The number of amides is 4. The molecule has 3 aliphatic heterocycles. The number of benzene rings is 2. The third-order valence-electron chi connectivity index (χ3n) is 7.87. The smallest absolute Gasteiger partial charge is 0.385 e. The Morgan fingerprint density at radius 1 is 0.974 bits per heavy atom. The van der Waals surface area contributed by atoms with Gasteiger partial charge in [-0.05, 0) is 61.6 Å². The van der Waals surface area contributed by atoms with Crippen LogP contribution in [-0.2, 0) is 21.4 Å². The Kier molecular flexibility index (Phi) is 6.39. The predicted molar refractivity (Wildman–Crippen MR) is 128 cm³/mol. The Bertz CT molecular complexity index is 1320. The molecule has 8 nitrogen and oxygen atoms in total. The first-order valence-electron chi connectivity index (χ1n) is 12.4. The second-order valence-electron chi connectivity index (χ2n) is 10.1. The largest absolute Gasteiger partial charge is 0.416 e. The summed E-state index contributed by atoms with van der Waals surface area (Å²) in [5.41, 5.74) is -0.520. The summed E-state index contributed by atoms with van der Waals surface area (Å²) < 4.78 is 38.7. The normalized spacial score (nSPS) is 22.9. The highest BCUT2D eigenvalue weighted by atomic mass is 19.4. The summed E-state index contributed by atoms with van der Waals surface area (Å²) in [5, 5.41) is 13.6. The van der Waals surface area contributed by atoms with Crippen LogP contribution in [0.15, 0.2) is 42.5 Å². The minimum absolute atomic E-state index is 0.0240. The summed E-state index contributed by atoms with van der Waals surface area (Å²) in [7, 11) is 0. The summed E-state index contributed by atoms with van der Waals surface area (Å²) >= 11 is 0. The van der Waals surface area contributed by atoms with Crippen molar-refractivity contribution in [2.24, 2.45) is 0 Å². The maximum atomic E-state index is 13.1. The molecular formula is C27H26F3N3O5. The minimum atomic E-state index is -4.40. The standard InChI is InChI=1S/C27H26F3N3O5/c1-15(16-2-4-17(5-3-16)27(28,29)30)32-12-10-26(38,11-13-32)18-6-7-19-20(14-18)25(37)33(24(19)36)21-8-9-22(34)31-23(21)35/h2-7,14-15,21,38H,8-13H2,1H3,(H,31,34,35). The van der Waals surface area contributed by atoms with Crippen LogP contribution in [0.3, 0.4) is 0 Å². The van der Waals surface area contributed by atoms with Crippen LogP contribution < -0.4 is 5.32 Å². The number of piperidine rings is 2. The van der Waals surface area contributed by atoms with E-state index < -0.39 is 47.0 Å². The molecule has 2 saturated heterocycles. The highest BCUT2D eigenvalue weighted by Crippen LogP contribution is 2.39. The molecule has 2 N–H and O–H groups in total. The van der Waals surface area contributed by atoms with Crippen LogP contribution in [0.4, 0.5) is 13.2 Å². The first kappa shape index (κ1) is 26.1. The van der Waals surface area contributed by atoms with Crippen LogP contribution in [0.2, 0.25) is 0 Å². The van der Waals surface area contributed by atoms with Crippen LogP contribution >= 0.6 is 0 Å². The highest BCUT2D eigenvalue weighted by molar-refractivity contribution is 6.23. The minimum Gasteiger partial charge on any atom is -0.385 e. The van der Waals surface area contributed by atoms with Crippen LogP contribution in [0.25, 0.3) is 0 Å². The Labute approximate surface area is 216 Å². The van der Waals surface area contributed by atoms with E-state index in [0.717, 1.165) is 22.6 Å². The second-order valence-corrected chi connectivity index (χ2v) is 10.1. The summed E-state index contributed by atoms with van der Waals surface area (Å²) in [6.07, 6.45) is -3.69. The van der Waals surface area contributed by atoms with Gasteiger partial charge < -0.3 is 5.11 Å². The molecule has 38 heavy (non-hydrogen) atoms. The van der Waals surface area contributed by atoms with E-state index in [0.29, 0.717) is 31.5 Å². The third-order valence-corrected chi connectivity index (χ3v) is 7.87. The Morgan fingerprint density at radius 2 is 1.61 bits per heavy atom. The van der Waals surface area contributed by atoms with E-state index in [1.807, 2.05) is 6.92 Å². The highest BCUT2D eigenvalue weighted by Gasteiger charge is 2.46. The zero-order valence-electron chi connectivity index (χ0n) is 20.5. The number of fused-ring (bicyclic) bond motifs is 1. The molecule has 2 fully saturated rings. The number of hydrogen-bond acceptors (Lipinski definition) is 6. The molecule has 2 aromatic carbocycles. The van der Waals surface area contributed by atoms with Gasteiger partial charge in [-0.3, -0.25) is 34.3 Å². The van der Waals surface area contributed by atoms with Crippen molar-refractivity contribution >= 4 is 23.6 Å². The molecule has 0 radical (unpaired) electrons. The molecule has 0 bridgehead atoms. The fourth-order valence-electron chi connectivity index (χ4n) is 5.49. The van der Waals surface area contributed by atoms with E-state index in [1.165, 1.54) is 24.3 Å². The average molecular weight is 530 g/mol. The zero-order valence-corrected chi connectivity index (χ0v) is 20.5. The maximum absolute atomic E-state index is 13.1. The first-order valence-corrected chi connectivity index (χ1v) is 12.4. The van der Waals surface area contributed by atoms with E-state index in [1.54, 1.807) is 6.07 Å². The summed E-state index contributed by atoms with van der Waals surface area (Å²) in [6.45, 7) is 2.83. The van der Waals surface area contributed by atoms with Gasteiger partial charge in [0.25, 0.3) is 11.8 Å². The summed E-state index contributed by atoms with van der Waals surface area (Å²) in [5.74, 6) is -2.40. The SMILES string of the molecule is CC(c1ccc(C(F)(F)F)cc1)N1CCC(O)(c2ccc3c(c2)C(=O)N(C2CCC(=O)NC2=O)C3=O)CC1. The van der Waals surface area contributed by atoms with E-state index in [4.69, 9.17) is 0 Å². The lowest BCUT2D eigenvalue weighted by Gasteiger charge is -2.41. The molecule has 3 heterocycles. The number of imide groups is 2. The molecular weight excluding hydrogens is 503 g/mol. The number of hydrogen-bond donors (Lipinski definition) is 2. The molecule has 4 amide bonds. The number of carbonyl (C=O) groups is 4. The average Bonchev–Trinajstić information content (AvgIpc) is 3.13. The lowest BCUT2D eigenvalue weighted by molar-refractivity contribution is -0.138. The quantitative estimate of drug-likeness (QED) is 0.590. The van der Waals surface area contributed by atoms with Gasteiger partial charge in [-0.15, -0.1) is 0 Å². The van der Waals surface area contributed by atoms with Crippen LogP contribution in [0.1, 0.15) is 76.1 Å². The summed E-state index contributed by atoms with van der Waals surface area (Å²) in [6, 6.07) is 8.40. The molecule has 5 rings (SSSR count). The number of nitrogens with zero attached hydrogens (tertiary/aromatic N) is 2. The number of nitrogens with one attached hydrogen (secondary N) is 1. The van der Waals surface area contributed by atoms with Crippen molar-refractivity contribution in [1.82, 2.24) is 15.1 Å². The molecule has 0 aromatic heterocycles. The van der Waals surface area contributed by atoms with Crippen molar-refractivity contribution < 1.29 is 37.5 Å². The fraction of sp³-hybridized carbons (Fsp3) is 0.407. The molecule has 0 saturated carbocycles. The van der Waals surface area contributed by atoms with E-state index in [2.05, 4.69) is 10.2 Å². The fourth-order valence-corrected chi connectivity index (χ4v) is 5.49. The Balaban J connectivity index is 1.29. The number of rotatable bonds is 4. The van der Waals surface area contributed by atoms with Crippen molar-refractivity contribution in [3.8, 4) is 0 Å². The molecule has 200 valence electrons. The molecule has 2 unspecified atom stereocenters. The lowest BCUT2D eigenvalue weighted by Crippen LogP contribution is -2.54. The molecule has 0 spiro atoms. The monoisotopic (exact) mass is 529 g/mol. The van der Waals surface area contributed by atoms with Gasteiger partial charge in [-0.25, -0.2) is 0 Å². The van der Waals surface area contributed by atoms with E-state index >= 15 is 0 Å². The van der Waals surface area contributed by atoms with Gasteiger partial charge in [-0.1, -0.05) is 18.2 Å². The zero-order chi connectivity index (χ0) is 27.4. The topological polar surface area (TPSA) is 107 Å². The van der Waals surface area contributed by atoms with Crippen molar-refractivity contribution in [2.75, 3.05) is 13.1 Å². The molecule has 0 aliphatic carbocycles. The van der Waals surface area contributed by atoms with Crippen LogP contribution in [-0.4, -0.2) is 57.7 Å². The van der Waals surface area contributed by atoms with Gasteiger partial charge >= 0.3 is 6.18 Å². The number of carbonyl (C=O) groups excluding carboxylic acids is 4. The third kappa shape index (κ3) is 4.49. The first-order chi connectivity index (χ1) is 17.9. The molecule has 2 atom stereocenters. The van der Waals surface area contributed by atoms with Gasteiger partial charge in [0.15, 0.2) is 0 Å². The predicted octanol–water partition coefficient (Wildman–Crippen LogP) is 3.15.